The van der Waals surface area contributed by atoms with E-state index >= 15 is 0 Å². The summed E-state index contributed by atoms with van der Waals surface area (Å²) in [6.07, 6.45) is 0.334. The lowest BCUT2D eigenvalue weighted by atomic mass is 9.92. The molecular weight excluding hydrogens is 324 g/mol. The highest BCUT2D eigenvalue weighted by atomic mass is 79.9. The summed E-state index contributed by atoms with van der Waals surface area (Å²) >= 11 is 3.31. The van der Waals surface area contributed by atoms with Gasteiger partial charge in [-0.25, -0.2) is 0 Å². The number of ether oxygens (including phenoxy) is 1. The molecule has 1 rings (SSSR count). The van der Waals surface area contributed by atoms with Crippen LogP contribution in [0.15, 0.2) is 28.7 Å². The highest BCUT2D eigenvalue weighted by Crippen LogP contribution is 2.17. The monoisotopic (exact) mass is 342 g/mol. The Balaban J connectivity index is 2.27. The fraction of sp³-hybridized carbons (Fsp3) is 0.429. The van der Waals surface area contributed by atoms with Crippen LogP contribution in [0.5, 0.6) is 5.75 Å². The fourth-order valence-corrected chi connectivity index (χ4v) is 1.65. The maximum absolute atomic E-state index is 11.5. The molecule has 0 saturated carbocycles. The van der Waals surface area contributed by atoms with Crippen molar-refractivity contribution in [2.45, 2.75) is 27.2 Å². The molecule has 5 nitrogen and oxygen atoms in total. The third kappa shape index (κ3) is 7.13. The first-order valence-electron chi connectivity index (χ1n) is 6.22. The summed E-state index contributed by atoms with van der Waals surface area (Å²) in [5.41, 5.74) is 4.55. The van der Waals surface area contributed by atoms with Crippen LogP contribution < -0.4 is 15.6 Å². The van der Waals surface area contributed by atoms with Crippen LogP contribution >= 0.6 is 15.9 Å². The molecule has 0 bridgehead atoms. The van der Waals surface area contributed by atoms with E-state index in [1.807, 2.05) is 32.9 Å². The number of halogens is 1. The summed E-state index contributed by atoms with van der Waals surface area (Å²) < 4.78 is 6.21. The van der Waals surface area contributed by atoms with E-state index < -0.39 is 5.91 Å². The number of carbonyl (C=O) groups is 2. The second-order valence-corrected chi connectivity index (χ2v) is 6.49. The van der Waals surface area contributed by atoms with Crippen LogP contribution in [0.3, 0.4) is 0 Å². The van der Waals surface area contributed by atoms with Crippen molar-refractivity contribution in [1.29, 1.82) is 0 Å². The van der Waals surface area contributed by atoms with Crippen molar-refractivity contribution in [1.82, 2.24) is 10.9 Å². The van der Waals surface area contributed by atoms with Crippen LogP contribution in [-0.4, -0.2) is 18.4 Å². The molecule has 0 aliphatic rings. The van der Waals surface area contributed by atoms with E-state index in [1.165, 1.54) is 0 Å². The molecule has 1 aromatic rings. The van der Waals surface area contributed by atoms with Gasteiger partial charge in [-0.15, -0.1) is 0 Å². The lowest BCUT2D eigenvalue weighted by Gasteiger charge is -2.17. The molecule has 0 aliphatic heterocycles. The number of nitrogens with one attached hydrogen (secondary N) is 2. The predicted molar refractivity (Wildman–Crippen MR) is 80.0 cm³/mol. The third-order valence-electron chi connectivity index (χ3n) is 2.22. The second kappa shape index (κ2) is 7.28. The topological polar surface area (TPSA) is 67.4 Å². The number of hydrazine groups is 1. The normalized spacial score (nSPS) is 10.8. The van der Waals surface area contributed by atoms with Gasteiger partial charge in [0, 0.05) is 10.9 Å². The van der Waals surface area contributed by atoms with Gasteiger partial charge in [0.25, 0.3) is 5.91 Å². The molecule has 6 heteroatoms. The summed E-state index contributed by atoms with van der Waals surface area (Å²) in [7, 11) is 0. The highest BCUT2D eigenvalue weighted by Gasteiger charge is 2.16. The zero-order valence-corrected chi connectivity index (χ0v) is 13.4. The Bertz CT molecular complexity index is 466. The molecule has 0 heterocycles. The van der Waals surface area contributed by atoms with E-state index in [0.29, 0.717) is 12.2 Å². The van der Waals surface area contributed by atoms with Crippen LogP contribution in [0, 0.1) is 5.41 Å². The Morgan fingerprint density at radius 1 is 1.10 bits per heavy atom. The minimum absolute atomic E-state index is 0.122. The quantitative estimate of drug-likeness (QED) is 0.825. The second-order valence-electron chi connectivity index (χ2n) is 5.58. The lowest BCUT2D eigenvalue weighted by molar-refractivity contribution is -0.130. The highest BCUT2D eigenvalue weighted by molar-refractivity contribution is 9.10. The van der Waals surface area contributed by atoms with Crippen molar-refractivity contribution in [3.63, 3.8) is 0 Å². The molecule has 0 radical (unpaired) electrons. The molecule has 0 spiro atoms. The van der Waals surface area contributed by atoms with E-state index in [9.17, 15) is 9.59 Å². The zero-order valence-electron chi connectivity index (χ0n) is 11.8. The average Bonchev–Trinajstić information content (AvgIpc) is 2.33. The standard InChI is InChI=1S/C14H19BrN2O3/c1-14(2,3)8-12(18)16-17-13(19)9-20-11-6-4-10(15)5-7-11/h4-7H,8-9H2,1-3H3,(H,16,18)(H,17,19). The minimum Gasteiger partial charge on any atom is -0.484 e. The van der Waals surface area contributed by atoms with Gasteiger partial charge in [-0.3, -0.25) is 20.4 Å². The molecular formula is C14H19BrN2O3. The van der Waals surface area contributed by atoms with Gasteiger partial charge in [-0.2, -0.15) is 0 Å². The van der Waals surface area contributed by atoms with Crippen molar-refractivity contribution in [3.8, 4) is 5.75 Å². The Kier molecular flexibility index (Phi) is 6.01. The molecule has 0 aromatic heterocycles. The number of hydrogen-bond acceptors (Lipinski definition) is 3. The first kappa shape index (κ1) is 16.5. The molecule has 2 amide bonds. The van der Waals surface area contributed by atoms with Crippen molar-refractivity contribution < 1.29 is 14.3 Å². The number of carbonyl (C=O) groups excluding carboxylic acids is 2. The van der Waals surface area contributed by atoms with Crippen LogP contribution in [0.1, 0.15) is 27.2 Å². The van der Waals surface area contributed by atoms with E-state index in [4.69, 9.17) is 4.74 Å². The van der Waals surface area contributed by atoms with Gasteiger partial charge in [0.2, 0.25) is 5.91 Å². The Morgan fingerprint density at radius 2 is 1.65 bits per heavy atom. The third-order valence-corrected chi connectivity index (χ3v) is 2.74. The number of rotatable bonds is 4. The number of amides is 2. The van der Waals surface area contributed by atoms with Crippen LogP contribution in [0.25, 0.3) is 0 Å². The zero-order chi connectivity index (χ0) is 15.2. The molecule has 0 unspecified atom stereocenters. The predicted octanol–water partition coefficient (Wildman–Crippen LogP) is 2.41. The Morgan fingerprint density at radius 3 is 2.20 bits per heavy atom. The van der Waals surface area contributed by atoms with Gasteiger partial charge in [0.1, 0.15) is 5.75 Å². The molecule has 20 heavy (non-hydrogen) atoms. The van der Waals surface area contributed by atoms with E-state index in [2.05, 4.69) is 26.8 Å². The molecule has 0 atom stereocenters. The van der Waals surface area contributed by atoms with Gasteiger partial charge >= 0.3 is 0 Å². The first-order chi connectivity index (χ1) is 9.26. The first-order valence-corrected chi connectivity index (χ1v) is 7.02. The van der Waals surface area contributed by atoms with Gasteiger partial charge < -0.3 is 4.74 Å². The summed E-state index contributed by atoms with van der Waals surface area (Å²) in [4.78, 5) is 23.0. The smallest absolute Gasteiger partial charge is 0.276 e. The SMILES string of the molecule is CC(C)(C)CC(=O)NNC(=O)COc1ccc(Br)cc1. The maximum atomic E-state index is 11.5. The molecule has 0 fully saturated rings. The van der Waals surface area contributed by atoms with Crippen molar-refractivity contribution >= 4 is 27.7 Å². The molecule has 2 N–H and O–H groups in total. The van der Waals surface area contributed by atoms with Crippen molar-refractivity contribution in [2.75, 3.05) is 6.61 Å². The Labute approximate surface area is 127 Å². The fourth-order valence-electron chi connectivity index (χ4n) is 1.38. The molecule has 110 valence electrons. The summed E-state index contributed by atoms with van der Waals surface area (Å²) in [6, 6.07) is 7.13. The average molecular weight is 343 g/mol. The molecule has 0 aliphatic carbocycles. The van der Waals surface area contributed by atoms with Gasteiger partial charge in [0.15, 0.2) is 6.61 Å². The summed E-state index contributed by atoms with van der Waals surface area (Å²) in [5.74, 6) is -0.0472. The van der Waals surface area contributed by atoms with E-state index in [-0.39, 0.29) is 17.9 Å². The van der Waals surface area contributed by atoms with Gasteiger partial charge in [-0.1, -0.05) is 36.7 Å². The maximum Gasteiger partial charge on any atom is 0.276 e. The number of hydrogen-bond donors (Lipinski definition) is 2. The van der Waals surface area contributed by atoms with Crippen molar-refractivity contribution in [2.24, 2.45) is 5.41 Å². The van der Waals surface area contributed by atoms with E-state index in [0.717, 1.165) is 4.47 Å². The lowest BCUT2D eigenvalue weighted by Crippen LogP contribution is -2.44. The minimum atomic E-state index is -0.407. The van der Waals surface area contributed by atoms with Gasteiger partial charge in [-0.05, 0) is 29.7 Å². The van der Waals surface area contributed by atoms with E-state index in [1.54, 1.807) is 12.1 Å². The van der Waals surface area contributed by atoms with Crippen LogP contribution in [-0.2, 0) is 9.59 Å². The summed E-state index contributed by atoms with van der Waals surface area (Å²) in [6.45, 7) is 5.69. The Hall–Kier alpha value is -1.56. The van der Waals surface area contributed by atoms with Crippen molar-refractivity contribution in [3.05, 3.63) is 28.7 Å². The molecule has 0 saturated heterocycles. The molecule has 1 aromatic carbocycles. The number of benzene rings is 1. The van der Waals surface area contributed by atoms with Crippen LogP contribution in [0.2, 0.25) is 0 Å². The summed E-state index contributed by atoms with van der Waals surface area (Å²) in [5, 5.41) is 0. The largest absolute Gasteiger partial charge is 0.484 e. The van der Waals surface area contributed by atoms with Gasteiger partial charge in [0.05, 0.1) is 0 Å². The van der Waals surface area contributed by atoms with Crippen LogP contribution in [0.4, 0.5) is 0 Å².